The molecular weight excluding hydrogens is 236 g/mol. The van der Waals surface area contributed by atoms with Crippen molar-refractivity contribution in [3.05, 3.63) is 23.8 Å². The number of carbonyl (C=O) groups excluding carboxylic acids is 1. The molecule has 1 amide bonds. The highest BCUT2D eigenvalue weighted by molar-refractivity contribution is 6.00. The van der Waals surface area contributed by atoms with Crippen LogP contribution in [-0.4, -0.2) is 28.6 Å². The van der Waals surface area contributed by atoms with Gasteiger partial charge >= 0.3 is 5.97 Å². The number of benzene rings is 1. The minimum atomic E-state index is -1.21. The van der Waals surface area contributed by atoms with Gasteiger partial charge in [0, 0.05) is 6.42 Å². The number of anilines is 1. The number of aromatic carboxylic acids is 1. The van der Waals surface area contributed by atoms with Gasteiger partial charge < -0.3 is 21.3 Å². The third kappa shape index (κ3) is 3.74. The van der Waals surface area contributed by atoms with Crippen LogP contribution in [0.15, 0.2) is 18.2 Å². The lowest BCUT2D eigenvalue weighted by Crippen LogP contribution is -2.21. The van der Waals surface area contributed by atoms with E-state index in [1.54, 1.807) is 0 Å². The van der Waals surface area contributed by atoms with Crippen LogP contribution in [-0.2, 0) is 4.79 Å². The molecule has 0 radical (unpaired) electrons. The Hall–Kier alpha value is -2.08. The summed E-state index contributed by atoms with van der Waals surface area (Å²) in [7, 11) is 0. The summed E-state index contributed by atoms with van der Waals surface area (Å²) in [6, 6.07) is 3.75. The molecule has 1 unspecified atom stereocenters. The molecule has 0 saturated carbocycles. The molecule has 0 bridgehead atoms. The molecule has 18 heavy (non-hydrogen) atoms. The van der Waals surface area contributed by atoms with Gasteiger partial charge in [-0.05, 0) is 30.7 Å². The molecular formula is C12H16N2O4. The fourth-order valence-electron chi connectivity index (χ4n) is 1.42. The minimum absolute atomic E-state index is 0.0235. The predicted molar refractivity (Wildman–Crippen MR) is 66.5 cm³/mol. The van der Waals surface area contributed by atoms with E-state index in [0.717, 1.165) is 6.07 Å². The van der Waals surface area contributed by atoms with E-state index in [9.17, 15) is 14.7 Å². The minimum Gasteiger partial charge on any atom is -0.508 e. The fraction of sp³-hybridized carbons (Fsp3) is 0.333. The molecule has 0 saturated heterocycles. The third-order valence-electron chi connectivity index (χ3n) is 2.44. The predicted octanol–water partition coefficient (Wildman–Crippen LogP) is 1.01. The summed E-state index contributed by atoms with van der Waals surface area (Å²) >= 11 is 0. The van der Waals surface area contributed by atoms with Crippen molar-refractivity contribution in [2.45, 2.75) is 13.3 Å². The molecule has 0 aliphatic rings. The molecule has 1 aromatic carbocycles. The van der Waals surface area contributed by atoms with Crippen molar-refractivity contribution < 1.29 is 19.8 Å². The maximum absolute atomic E-state index is 11.6. The number of nitrogens with two attached hydrogens (primary N) is 1. The van der Waals surface area contributed by atoms with E-state index in [4.69, 9.17) is 10.8 Å². The van der Waals surface area contributed by atoms with Crippen molar-refractivity contribution in [1.29, 1.82) is 0 Å². The van der Waals surface area contributed by atoms with Crippen LogP contribution >= 0.6 is 0 Å². The zero-order chi connectivity index (χ0) is 13.7. The number of rotatable bonds is 5. The topological polar surface area (TPSA) is 113 Å². The second kappa shape index (κ2) is 6.02. The molecule has 5 N–H and O–H groups in total. The molecule has 0 spiro atoms. The van der Waals surface area contributed by atoms with Crippen LogP contribution < -0.4 is 11.1 Å². The molecule has 0 aliphatic carbocycles. The average Bonchev–Trinajstić information content (AvgIpc) is 2.30. The molecule has 6 heteroatoms. The normalized spacial score (nSPS) is 11.9. The highest BCUT2D eigenvalue weighted by Crippen LogP contribution is 2.21. The van der Waals surface area contributed by atoms with Crippen LogP contribution in [0.5, 0.6) is 5.75 Å². The third-order valence-corrected chi connectivity index (χ3v) is 2.44. The maximum atomic E-state index is 11.6. The van der Waals surface area contributed by atoms with E-state index < -0.39 is 5.97 Å². The first-order chi connectivity index (χ1) is 8.43. The second-order valence-corrected chi connectivity index (χ2v) is 4.13. The van der Waals surface area contributed by atoms with Gasteiger partial charge in [0.1, 0.15) is 5.75 Å². The Labute approximate surface area is 104 Å². The first-order valence-corrected chi connectivity index (χ1v) is 5.50. The van der Waals surface area contributed by atoms with E-state index in [1.165, 1.54) is 12.1 Å². The lowest BCUT2D eigenvalue weighted by atomic mass is 10.1. The van der Waals surface area contributed by atoms with Crippen LogP contribution in [0.1, 0.15) is 23.7 Å². The number of nitrogens with one attached hydrogen (secondary N) is 1. The fourth-order valence-corrected chi connectivity index (χ4v) is 1.42. The number of amides is 1. The van der Waals surface area contributed by atoms with E-state index in [2.05, 4.69) is 5.32 Å². The number of phenolic OH excluding ortho intramolecular Hbond substituents is 1. The highest BCUT2D eigenvalue weighted by Gasteiger charge is 2.14. The van der Waals surface area contributed by atoms with Crippen LogP contribution in [0.4, 0.5) is 5.69 Å². The molecule has 1 rings (SSSR count). The summed E-state index contributed by atoms with van der Waals surface area (Å²) in [5.74, 6) is -1.66. The summed E-state index contributed by atoms with van der Waals surface area (Å²) < 4.78 is 0. The number of carboxylic acid groups (broad SMARTS) is 1. The molecule has 98 valence electrons. The average molecular weight is 252 g/mol. The standard InChI is InChI=1S/C12H16N2O4/c1-7(6-13)4-11(16)14-10-3-2-8(15)5-9(10)12(17)18/h2-3,5,7,15H,4,6,13H2,1H3,(H,14,16)(H,17,18). The number of phenols is 1. The van der Waals surface area contributed by atoms with Crippen LogP contribution in [0, 0.1) is 5.92 Å². The van der Waals surface area contributed by atoms with E-state index in [-0.39, 0.29) is 35.2 Å². The van der Waals surface area contributed by atoms with E-state index in [0.29, 0.717) is 6.54 Å². The first kappa shape index (κ1) is 14.0. The summed E-state index contributed by atoms with van der Waals surface area (Å²) in [6.45, 7) is 2.21. The van der Waals surface area contributed by atoms with E-state index >= 15 is 0 Å². The summed E-state index contributed by atoms with van der Waals surface area (Å²) in [6.07, 6.45) is 0.219. The van der Waals surface area contributed by atoms with Crippen molar-refractivity contribution in [2.75, 3.05) is 11.9 Å². The van der Waals surface area contributed by atoms with Gasteiger partial charge in [0.05, 0.1) is 11.3 Å². The van der Waals surface area contributed by atoms with Crippen molar-refractivity contribution in [2.24, 2.45) is 11.7 Å². The monoisotopic (exact) mass is 252 g/mol. The molecule has 0 heterocycles. The lowest BCUT2D eigenvalue weighted by Gasteiger charge is -2.11. The van der Waals surface area contributed by atoms with Gasteiger partial charge in [-0.15, -0.1) is 0 Å². The van der Waals surface area contributed by atoms with Gasteiger partial charge in [-0.1, -0.05) is 6.92 Å². The van der Waals surface area contributed by atoms with Crippen LogP contribution in [0.3, 0.4) is 0 Å². The smallest absolute Gasteiger partial charge is 0.337 e. The number of hydrogen-bond donors (Lipinski definition) is 4. The van der Waals surface area contributed by atoms with Gasteiger partial charge in [0.2, 0.25) is 5.91 Å². The summed E-state index contributed by atoms with van der Waals surface area (Å²) in [4.78, 5) is 22.6. The molecule has 1 aromatic rings. The van der Waals surface area contributed by atoms with Gasteiger partial charge in [-0.3, -0.25) is 4.79 Å². The van der Waals surface area contributed by atoms with Crippen molar-refractivity contribution >= 4 is 17.6 Å². The van der Waals surface area contributed by atoms with Crippen molar-refractivity contribution in [3.63, 3.8) is 0 Å². The Balaban J connectivity index is 2.84. The maximum Gasteiger partial charge on any atom is 0.337 e. The van der Waals surface area contributed by atoms with E-state index in [1.807, 2.05) is 6.92 Å². The number of aromatic hydroxyl groups is 1. The number of carboxylic acids is 1. The van der Waals surface area contributed by atoms with Crippen LogP contribution in [0.2, 0.25) is 0 Å². The number of hydrogen-bond acceptors (Lipinski definition) is 4. The number of carbonyl (C=O) groups is 2. The second-order valence-electron chi connectivity index (χ2n) is 4.13. The Morgan fingerprint density at radius 2 is 2.11 bits per heavy atom. The molecule has 0 aliphatic heterocycles. The molecule has 0 fully saturated rings. The van der Waals surface area contributed by atoms with Gasteiger partial charge in [-0.2, -0.15) is 0 Å². The summed E-state index contributed by atoms with van der Waals surface area (Å²) in [5, 5.41) is 20.7. The molecule has 1 atom stereocenters. The Bertz CT molecular complexity index is 459. The highest BCUT2D eigenvalue weighted by atomic mass is 16.4. The largest absolute Gasteiger partial charge is 0.508 e. The van der Waals surface area contributed by atoms with Gasteiger partial charge in [0.25, 0.3) is 0 Å². The SMILES string of the molecule is CC(CN)CC(=O)Nc1ccc(O)cc1C(=O)O. The van der Waals surface area contributed by atoms with Gasteiger partial charge in [0.15, 0.2) is 0 Å². The zero-order valence-electron chi connectivity index (χ0n) is 10.0. The Morgan fingerprint density at radius 1 is 1.44 bits per heavy atom. The first-order valence-electron chi connectivity index (χ1n) is 5.50. The van der Waals surface area contributed by atoms with Gasteiger partial charge in [-0.25, -0.2) is 4.79 Å². The van der Waals surface area contributed by atoms with Crippen LogP contribution in [0.25, 0.3) is 0 Å². The zero-order valence-corrected chi connectivity index (χ0v) is 10.0. The summed E-state index contributed by atoms with van der Waals surface area (Å²) in [5.41, 5.74) is 5.42. The van der Waals surface area contributed by atoms with Crippen molar-refractivity contribution in [3.8, 4) is 5.75 Å². The lowest BCUT2D eigenvalue weighted by molar-refractivity contribution is -0.116. The molecule has 0 aromatic heterocycles. The quantitative estimate of drug-likeness (QED) is 0.584. The Morgan fingerprint density at radius 3 is 2.67 bits per heavy atom. The molecule has 6 nitrogen and oxygen atoms in total. The Kier molecular flexibility index (Phi) is 4.67. The van der Waals surface area contributed by atoms with Crippen molar-refractivity contribution in [1.82, 2.24) is 0 Å².